The fourth-order valence-corrected chi connectivity index (χ4v) is 3.02. The molecular weight excluding hydrogens is 326 g/mol. The van der Waals surface area contributed by atoms with Crippen molar-refractivity contribution in [2.24, 2.45) is 0 Å². The lowest BCUT2D eigenvalue weighted by Gasteiger charge is -2.20. The number of nitrogens with one attached hydrogen (secondary N) is 1. The number of rotatable bonds is 7. The second-order valence-corrected chi connectivity index (χ2v) is 7.43. The highest BCUT2D eigenvalue weighted by atomic mass is 32.2. The molecule has 0 saturated carbocycles. The Morgan fingerprint density at radius 3 is 2.58 bits per heavy atom. The van der Waals surface area contributed by atoms with E-state index in [1.54, 1.807) is 24.5 Å². The van der Waals surface area contributed by atoms with E-state index in [0.717, 1.165) is 28.1 Å². The van der Waals surface area contributed by atoms with E-state index in [4.69, 9.17) is 0 Å². The van der Waals surface area contributed by atoms with Gasteiger partial charge in [0.2, 0.25) is 15.9 Å². The predicted octanol–water partition coefficient (Wildman–Crippen LogP) is 2.04. The van der Waals surface area contributed by atoms with Crippen molar-refractivity contribution in [2.75, 3.05) is 18.1 Å². The predicted molar refractivity (Wildman–Crippen MR) is 93.9 cm³/mol. The van der Waals surface area contributed by atoms with Gasteiger partial charge in [-0.05, 0) is 29.7 Å². The van der Waals surface area contributed by atoms with Crippen LogP contribution in [-0.2, 0) is 27.8 Å². The molecule has 0 atom stereocenters. The molecule has 1 N–H and O–H groups in total. The van der Waals surface area contributed by atoms with Crippen LogP contribution in [0.5, 0.6) is 0 Å². The van der Waals surface area contributed by atoms with Crippen LogP contribution in [0.3, 0.4) is 0 Å². The number of nitrogens with zero attached hydrogens (tertiary/aromatic N) is 2. The number of benzene rings is 1. The second kappa shape index (κ2) is 8.03. The first-order valence-corrected chi connectivity index (χ1v) is 9.46. The molecule has 0 unspecified atom stereocenters. The lowest BCUT2D eigenvalue weighted by molar-refractivity contribution is -0.116. The summed E-state index contributed by atoms with van der Waals surface area (Å²) in [7, 11) is -3.52. The van der Waals surface area contributed by atoms with Gasteiger partial charge in [0, 0.05) is 24.6 Å². The van der Waals surface area contributed by atoms with Crippen molar-refractivity contribution >= 4 is 21.6 Å². The molecule has 0 aliphatic rings. The van der Waals surface area contributed by atoms with Crippen LogP contribution in [0.25, 0.3) is 0 Å². The number of hydrogen-bond acceptors (Lipinski definition) is 4. The van der Waals surface area contributed by atoms with Gasteiger partial charge in [0.1, 0.15) is 0 Å². The molecule has 2 rings (SSSR count). The smallest absolute Gasteiger partial charge is 0.239 e. The van der Waals surface area contributed by atoms with Gasteiger partial charge in [0.05, 0.1) is 12.8 Å². The highest BCUT2D eigenvalue weighted by molar-refractivity contribution is 7.88. The molecule has 6 nitrogen and oxygen atoms in total. The molecule has 128 valence electrons. The van der Waals surface area contributed by atoms with Crippen molar-refractivity contribution in [3.05, 3.63) is 59.9 Å². The minimum Gasteiger partial charge on any atom is -0.325 e. The molecule has 1 amide bonds. The summed E-state index contributed by atoms with van der Waals surface area (Å²) in [5.74, 6) is -0.370. The zero-order valence-electron chi connectivity index (χ0n) is 13.8. The van der Waals surface area contributed by atoms with E-state index in [1.165, 1.54) is 0 Å². The van der Waals surface area contributed by atoms with Crippen molar-refractivity contribution in [1.29, 1.82) is 0 Å². The summed E-state index contributed by atoms with van der Waals surface area (Å²) >= 11 is 0. The molecule has 0 fully saturated rings. The van der Waals surface area contributed by atoms with Gasteiger partial charge in [-0.2, -0.15) is 4.31 Å². The number of aromatic nitrogens is 1. The standard InChI is InChI=1S/C17H21N3O3S/c1-3-15-8-4-5-9-16(15)19-17(21)13-20(24(2,22)23)12-14-7-6-10-18-11-14/h4-11H,3,12-13H2,1-2H3,(H,19,21). The third-order valence-electron chi connectivity index (χ3n) is 3.54. The molecule has 0 aliphatic carbocycles. The largest absolute Gasteiger partial charge is 0.325 e. The Bertz CT molecular complexity index is 792. The quantitative estimate of drug-likeness (QED) is 0.831. The van der Waals surface area contributed by atoms with Gasteiger partial charge >= 0.3 is 0 Å². The van der Waals surface area contributed by atoms with E-state index in [1.807, 2.05) is 31.2 Å². The van der Waals surface area contributed by atoms with E-state index in [-0.39, 0.29) is 19.0 Å². The Balaban J connectivity index is 2.10. The molecule has 0 bridgehead atoms. The number of pyridine rings is 1. The van der Waals surface area contributed by atoms with Crippen LogP contribution >= 0.6 is 0 Å². The number of para-hydroxylation sites is 1. The van der Waals surface area contributed by atoms with Crippen molar-refractivity contribution in [3.63, 3.8) is 0 Å². The van der Waals surface area contributed by atoms with E-state index in [2.05, 4.69) is 10.3 Å². The summed E-state index contributed by atoms with van der Waals surface area (Å²) in [4.78, 5) is 16.3. The summed E-state index contributed by atoms with van der Waals surface area (Å²) in [6.07, 6.45) is 5.07. The lowest BCUT2D eigenvalue weighted by atomic mass is 10.1. The summed E-state index contributed by atoms with van der Waals surface area (Å²) in [5, 5.41) is 2.79. The van der Waals surface area contributed by atoms with Crippen molar-refractivity contribution in [2.45, 2.75) is 19.9 Å². The second-order valence-electron chi connectivity index (χ2n) is 5.45. The molecule has 7 heteroatoms. The number of carbonyl (C=O) groups excluding carboxylic acids is 1. The molecule has 0 spiro atoms. The maximum Gasteiger partial charge on any atom is 0.239 e. The molecule has 1 aromatic carbocycles. The minimum atomic E-state index is -3.52. The molecule has 1 heterocycles. The number of amides is 1. The third kappa shape index (κ3) is 5.14. The van der Waals surface area contributed by atoms with Gasteiger partial charge in [0.15, 0.2) is 0 Å². The van der Waals surface area contributed by atoms with Gasteiger partial charge in [-0.1, -0.05) is 31.2 Å². The third-order valence-corrected chi connectivity index (χ3v) is 4.74. The molecule has 24 heavy (non-hydrogen) atoms. The first kappa shape index (κ1) is 18.1. The molecular formula is C17H21N3O3S. The summed E-state index contributed by atoms with van der Waals surface area (Å²) < 4.78 is 25.1. The van der Waals surface area contributed by atoms with Gasteiger partial charge in [-0.15, -0.1) is 0 Å². The van der Waals surface area contributed by atoms with Crippen LogP contribution in [0, 0.1) is 0 Å². The summed E-state index contributed by atoms with van der Waals surface area (Å²) in [6.45, 7) is 1.86. The van der Waals surface area contributed by atoms with E-state index >= 15 is 0 Å². The first-order chi connectivity index (χ1) is 11.4. The number of aryl methyl sites for hydroxylation is 1. The van der Waals surface area contributed by atoms with Crippen LogP contribution in [-0.4, -0.2) is 36.4 Å². The summed E-state index contributed by atoms with van der Waals surface area (Å²) in [5.41, 5.74) is 2.44. The fourth-order valence-electron chi connectivity index (χ4n) is 2.29. The topological polar surface area (TPSA) is 79.4 Å². The molecule has 1 aromatic heterocycles. The van der Waals surface area contributed by atoms with Crippen molar-refractivity contribution < 1.29 is 13.2 Å². The number of anilines is 1. The van der Waals surface area contributed by atoms with Gasteiger partial charge < -0.3 is 5.32 Å². The van der Waals surface area contributed by atoms with Crippen LogP contribution in [0.1, 0.15) is 18.1 Å². The molecule has 2 aromatic rings. The number of sulfonamides is 1. The van der Waals surface area contributed by atoms with Gasteiger partial charge in [0.25, 0.3) is 0 Å². The van der Waals surface area contributed by atoms with E-state index in [0.29, 0.717) is 5.69 Å². The molecule has 0 aliphatic heterocycles. The highest BCUT2D eigenvalue weighted by Crippen LogP contribution is 2.16. The fraction of sp³-hybridized carbons (Fsp3) is 0.294. The van der Waals surface area contributed by atoms with Gasteiger partial charge in [-0.3, -0.25) is 9.78 Å². The average Bonchev–Trinajstić information content (AvgIpc) is 2.55. The Hall–Kier alpha value is -2.25. The monoisotopic (exact) mass is 347 g/mol. The number of hydrogen-bond donors (Lipinski definition) is 1. The van der Waals surface area contributed by atoms with Crippen LogP contribution in [0.15, 0.2) is 48.8 Å². The highest BCUT2D eigenvalue weighted by Gasteiger charge is 2.21. The average molecular weight is 347 g/mol. The zero-order valence-corrected chi connectivity index (χ0v) is 14.6. The van der Waals surface area contributed by atoms with E-state index < -0.39 is 10.0 Å². The Morgan fingerprint density at radius 1 is 1.21 bits per heavy atom. The van der Waals surface area contributed by atoms with Crippen LogP contribution in [0.2, 0.25) is 0 Å². The SMILES string of the molecule is CCc1ccccc1NC(=O)CN(Cc1cccnc1)S(C)(=O)=O. The maximum absolute atomic E-state index is 12.3. The maximum atomic E-state index is 12.3. The number of carbonyl (C=O) groups is 1. The van der Waals surface area contributed by atoms with Gasteiger partial charge in [-0.25, -0.2) is 8.42 Å². The van der Waals surface area contributed by atoms with Crippen LogP contribution < -0.4 is 5.32 Å². The van der Waals surface area contributed by atoms with Crippen molar-refractivity contribution in [1.82, 2.24) is 9.29 Å². The van der Waals surface area contributed by atoms with E-state index in [9.17, 15) is 13.2 Å². The zero-order chi connectivity index (χ0) is 17.6. The van der Waals surface area contributed by atoms with Crippen molar-refractivity contribution in [3.8, 4) is 0 Å². The Labute approximate surface area is 142 Å². The Morgan fingerprint density at radius 2 is 1.96 bits per heavy atom. The lowest BCUT2D eigenvalue weighted by Crippen LogP contribution is -2.37. The molecule has 0 radical (unpaired) electrons. The minimum absolute atomic E-state index is 0.107. The molecule has 0 saturated heterocycles. The first-order valence-electron chi connectivity index (χ1n) is 7.62. The Kier molecular flexibility index (Phi) is 6.05. The normalized spacial score (nSPS) is 11.5. The van der Waals surface area contributed by atoms with Crippen LogP contribution in [0.4, 0.5) is 5.69 Å². The summed E-state index contributed by atoms with van der Waals surface area (Å²) in [6, 6.07) is 11.0.